The Balaban J connectivity index is 2.76. The van der Waals surface area contributed by atoms with Crippen LogP contribution in [0.25, 0.3) is 0 Å². The minimum Gasteiger partial charge on any atom is -0.463 e. The fourth-order valence-electron chi connectivity index (χ4n) is 1.66. The van der Waals surface area contributed by atoms with Gasteiger partial charge >= 0.3 is 17.9 Å². The zero-order chi connectivity index (χ0) is 14.6. The molecule has 0 aliphatic carbocycles. The van der Waals surface area contributed by atoms with E-state index in [2.05, 4.69) is 0 Å². The van der Waals surface area contributed by atoms with Gasteiger partial charge in [0.25, 0.3) is 0 Å². The predicted molar refractivity (Wildman–Crippen MR) is 62.3 cm³/mol. The standard InChI is InChI=1S/C11H15ClO7/c1-5(13)16-4-8-9(17-6(2)14)10(11(12)19-8)18-7(3)15/h8-11H,4H2,1-3H3/t8-,9?,10+,11?/m1/s1. The number of halogens is 1. The number of hydrogen-bond donors (Lipinski definition) is 0. The molecular weight excluding hydrogens is 280 g/mol. The monoisotopic (exact) mass is 294 g/mol. The normalized spacial score (nSPS) is 29.7. The molecule has 0 saturated carbocycles. The second-order valence-electron chi connectivity index (χ2n) is 3.98. The number of carbonyl (C=O) groups is 3. The van der Waals surface area contributed by atoms with E-state index in [4.69, 9.17) is 30.5 Å². The highest BCUT2D eigenvalue weighted by Gasteiger charge is 2.48. The van der Waals surface area contributed by atoms with Crippen LogP contribution in [0.4, 0.5) is 0 Å². The Morgan fingerprint density at radius 1 is 1.00 bits per heavy atom. The van der Waals surface area contributed by atoms with Crippen molar-refractivity contribution in [2.24, 2.45) is 0 Å². The van der Waals surface area contributed by atoms with E-state index in [1.54, 1.807) is 0 Å². The minimum absolute atomic E-state index is 0.145. The fraction of sp³-hybridized carbons (Fsp3) is 0.727. The molecule has 0 radical (unpaired) electrons. The van der Waals surface area contributed by atoms with Crippen molar-refractivity contribution in [2.45, 2.75) is 44.6 Å². The SMILES string of the molecule is CC(=O)OC[C@H]1OC(Cl)[C@@H](OC(C)=O)C1OC(C)=O. The van der Waals surface area contributed by atoms with Crippen molar-refractivity contribution in [3.63, 3.8) is 0 Å². The molecule has 1 saturated heterocycles. The highest BCUT2D eigenvalue weighted by molar-refractivity contribution is 6.20. The third-order valence-corrected chi connectivity index (χ3v) is 2.66. The van der Waals surface area contributed by atoms with Gasteiger partial charge in [-0.05, 0) is 0 Å². The molecule has 7 nitrogen and oxygen atoms in total. The molecule has 0 aromatic carbocycles. The van der Waals surface area contributed by atoms with Crippen LogP contribution < -0.4 is 0 Å². The molecule has 2 unspecified atom stereocenters. The Kier molecular flexibility index (Phi) is 5.56. The lowest BCUT2D eigenvalue weighted by atomic mass is 10.1. The topological polar surface area (TPSA) is 88.1 Å². The van der Waals surface area contributed by atoms with E-state index in [-0.39, 0.29) is 6.61 Å². The number of esters is 3. The lowest BCUT2D eigenvalue weighted by molar-refractivity contribution is -0.165. The number of rotatable bonds is 4. The van der Waals surface area contributed by atoms with E-state index in [1.807, 2.05) is 0 Å². The lowest BCUT2D eigenvalue weighted by Gasteiger charge is -2.22. The summed E-state index contributed by atoms with van der Waals surface area (Å²) in [6.07, 6.45) is -2.63. The molecular formula is C11H15ClO7. The van der Waals surface area contributed by atoms with Crippen LogP contribution in [-0.2, 0) is 33.3 Å². The van der Waals surface area contributed by atoms with Crippen molar-refractivity contribution in [3.8, 4) is 0 Å². The van der Waals surface area contributed by atoms with Crippen molar-refractivity contribution in [1.29, 1.82) is 0 Å². The smallest absolute Gasteiger partial charge is 0.303 e. The van der Waals surface area contributed by atoms with Crippen molar-refractivity contribution in [2.75, 3.05) is 6.61 Å². The van der Waals surface area contributed by atoms with Crippen LogP contribution in [0.3, 0.4) is 0 Å². The molecule has 4 atom stereocenters. The van der Waals surface area contributed by atoms with Gasteiger partial charge in [-0.2, -0.15) is 0 Å². The lowest BCUT2D eigenvalue weighted by Crippen LogP contribution is -2.40. The second kappa shape index (κ2) is 6.72. The summed E-state index contributed by atoms with van der Waals surface area (Å²) >= 11 is 5.88. The Bertz CT molecular complexity index is 370. The van der Waals surface area contributed by atoms with E-state index < -0.39 is 41.8 Å². The van der Waals surface area contributed by atoms with Crippen LogP contribution in [0.2, 0.25) is 0 Å². The highest BCUT2D eigenvalue weighted by atomic mass is 35.5. The average molecular weight is 295 g/mol. The molecule has 0 N–H and O–H groups in total. The van der Waals surface area contributed by atoms with E-state index in [9.17, 15) is 14.4 Å². The van der Waals surface area contributed by atoms with Crippen LogP contribution in [0, 0.1) is 0 Å². The highest BCUT2D eigenvalue weighted by Crippen LogP contribution is 2.29. The number of hydrogen-bond acceptors (Lipinski definition) is 7. The Morgan fingerprint density at radius 2 is 1.53 bits per heavy atom. The molecule has 0 spiro atoms. The van der Waals surface area contributed by atoms with E-state index >= 15 is 0 Å². The van der Waals surface area contributed by atoms with Crippen LogP contribution >= 0.6 is 11.6 Å². The number of alkyl halides is 1. The van der Waals surface area contributed by atoms with Gasteiger partial charge in [-0.15, -0.1) is 0 Å². The Morgan fingerprint density at radius 3 is 2.00 bits per heavy atom. The minimum atomic E-state index is -0.978. The first-order chi connectivity index (χ1) is 8.81. The van der Waals surface area contributed by atoms with Crippen LogP contribution in [-0.4, -0.2) is 48.4 Å². The summed E-state index contributed by atoms with van der Waals surface area (Å²) < 4.78 is 20.0. The van der Waals surface area contributed by atoms with Gasteiger partial charge in [0, 0.05) is 20.8 Å². The first-order valence-electron chi connectivity index (χ1n) is 5.58. The number of ether oxygens (including phenoxy) is 4. The first kappa shape index (κ1) is 15.7. The summed E-state index contributed by atoms with van der Waals surface area (Å²) in [5, 5.41) is 0. The molecule has 0 aromatic heterocycles. The van der Waals surface area contributed by atoms with Gasteiger partial charge in [-0.1, -0.05) is 11.6 Å². The molecule has 0 bridgehead atoms. The predicted octanol–water partition coefficient (Wildman–Crippen LogP) is 0.377. The molecule has 108 valence electrons. The summed E-state index contributed by atoms with van der Waals surface area (Å²) in [5.41, 5.74) is -0.978. The van der Waals surface area contributed by atoms with E-state index in [0.29, 0.717) is 0 Å². The zero-order valence-electron chi connectivity index (χ0n) is 10.8. The van der Waals surface area contributed by atoms with Crippen LogP contribution in [0.5, 0.6) is 0 Å². The van der Waals surface area contributed by atoms with Crippen molar-refractivity contribution in [1.82, 2.24) is 0 Å². The first-order valence-corrected chi connectivity index (χ1v) is 6.02. The van der Waals surface area contributed by atoms with Gasteiger partial charge in [0.2, 0.25) is 0 Å². The largest absolute Gasteiger partial charge is 0.463 e. The fourth-order valence-corrected chi connectivity index (χ4v) is 1.99. The average Bonchev–Trinajstić information content (AvgIpc) is 2.53. The van der Waals surface area contributed by atoms with Gasteiger partial charge in [0.15, 0.2) is 17.8 Å². The van der Waals surface area contributed by atoms with Gasteiger partial charge < -0.3 is 18.9 Å². The van der Waals surface area contributed by atoms with Gasteiger partial charge in [-0.25, -0.2) is 0 Å². The third kappa shape index (κ3) is 4.68. The molecule has 1 rings (SSSR count). The molecule has 1 aliphatic heterocycles. The molecule has 8 heteroatoms. The molecule has 1 fully saturated rings. The van der Waals surface area contributed by atoms with Crippen molar-refractivity contribution < 1.29 is 33.3 Å². The van der Waals surface area contributed by atoms with E-state index in [1.165, 1.54) is 20.8 Å². The summed E-state index contributed by atoms with van der Waals surface area (Å²) in [4.78, 5) is 32.8. The molecule has 0 amide bonds. The van der Waals surface area contributed by atoms with Gasteiger partial charge in [-0.3, -0.25) is 14.4 Å². The maximum atomic E-state index is 11.1. The second-order valence-corrected chi connectivity index (χ2v) is 4.41. The maximum Gasteiger partial charge on any atom is 0.303 e. The van der Waals surface area contributed by atoms with Gasteiger partial charge in [0.1, 0.15) is 12.7 Å². The van der Waals surface area contributed by atoms with Crippen molar-refractivity contribution >= 4 is 29.5 Å². The number of carbonyl (C=O) groups excluding carboxylic acids is 3. The van der Waals surface area contributed by atoms with Crippen molar-refractivity contribution in [3.05, 3.63) is 0 Å². The molecule has 1 heterocycles. The maximum absolute atomic E-state index is 11.1. The summed E-state index contributed by atoms with van der Waals surface area (Å²) in [6, 6.07) is 0. The molecule has 0 aromatic rings. The summed E-state index contributed by atoms with van der Waals surface area (Å²) in [5.74, 6) is -1.67. The summed E-state index contributed by atoms with van der Waals surface area (Å²) in [7, 11) is 0. The van der Waals surface area contributed by atoms with Crippen LogP contribution in [0.1, 0.15) is 20.8 Å². The third-order valence-electron chi connectivity index (χ3n) is 2.31. The van der Waals surface area contributed by atoms with Crippen LogP contribution in [0.15, 0.2) is 0 Å². The Labute approximate surface area is 115 Å². The zero-order valence-corrected chi connectivity index (χ0v) is 11.5. The van der Waals surface area contributed by atoms with E-state index in [0.717, 1.165) is 0 Å². The quantitative estimate of drug-likeness (QED) is 0.420. The molecule has 1 aliphatic rings. The molecule has 19 heavy (non-hydrogen) atoms. The summed E-state index contributed by atoms with van der Waals surface area (Å²) in [6.45, 7) is 3.49. The Hall–Kier alpha value is -1.34. The van der Waals surface area contributed by atoms with Gasteiger partial charge in [0.05, 0.1) is 0 Å².